The Labute approximate surface area is 107 Å². The lowest BCUT2D eigenvalue weighted by molar-refractivity contribution is 0.440. The fourth-order valence-corrected chi connectivity index (χ4v) is 3.29. The molecule has 2 rings (SSSR count). The number of nitrogens with zero attached hydrogens (tertiary/aromatic N) is 1. The van der Waals surface area contributed by atoms with Crippen molar-refractivity contribution >= 4 is 15.7 Å². The van der Waals surface area contributed by atoms with Crippen LogP contribution in [-0.2, 0) is 10.0 Å². The number of hydrogen-bond acceptors (Lipinski definition) is 3. The molecule has 0 amide bonds. The minimum absolute atomic E-state index is 0.239. The first-order chi connectivity index (χ1) is 8.32. The monoisotopic (exact) mass is 272 g/mol. The van der Waals surface area contributed by atoms with Crippen LogP contribution in [0, 0.1) is 17.7 Å². The Morgan fingerprint density at radius 3 is 2.67 bits per heavy atom. The van der Waals surface area contributed by atoms with Gasteiger partial charge in [0.05, 0.1) is 0 Å². The Morgan fingerprint density at radius 1 is 1.50 bits per heavy atom. The number of nitrogens with two attached hydrogens (primary N) is 1. The van der Waals surface area contributed by atoms with E-state index in [0.717, 1.165) is 18.6 Å². The van der Waals surface area contributed by atoms with Gasteiger partial charge in [0.1, 0.15) is 10.7 Å². The lowest BCUT2D eigenvalue weighted by Gasteiger charge is -2.17. The summed E-state index contributed by atoms with van der Waals surface area (Å²) in [5.74, 6) is 0.169. The lowest BCUT2D eigenvalue weighted by atomic mass is 10.3. The molecular formula is C12H17FN2O2S. The van der Waals surface area contributed by atoms with Crippen molar-refractivity contribution in [2.45, 2.75) is 18.2 Å². The molecule has 0 bridgehead atoms. The van der Waals surface area contributed by atoms with Crippen LogP contribution in [0.5, 0.6) is 0 Å². The van der Waals surface area contributed by atoms with Crippen LogP contribution >= 0.6 is 0 Å². The van der Waals surface area contributed by atoms with Crippen molar-refractivity contribution in [1.29, 1.82) is 0 Å². The molecule has 0 radical (unpaired) electrons. The lowest BCUT2D eigenvalue weighted by Crippen LogP contribution is -2.30. The summed E-state index contributed by atoms with van der Waals surface area (Å²) in [6, 6.07) is 3.59. The predicted molar refractivity (Wildman–Crippen MR) is 67.9 cm³/mol. The normalized spacial score (nSPS) is 23.3. The van der Waals surface area contributed by atoms with Gasteiger partial charge in [-0.1, -0.05) is 6.92 Å². The zero-order chi connectivity index (χ0) is 13.5. The van der Waals surface area contributed by atoms with Crippen LogP contribution in [0.2, 0.25) is 0 Å². The van der Waals surface area contributed by atoms with E-state index >= 15 is 0 Å². The van der Waals surface area contributed by atoms with Crippen LogP contribution in [0.4, 0.5) is 10.1 Å². The second-order valence-electron chi connectivity index (χ2n) is 4.95. The van der Waals surface area contributed by atoms with Gasteiger partial charge in [-0.25, -0.2) is 17.1 Å². The highest BCUT2D eigenvalue weighted by atomic mass is 32.2. The highest BCUT2D eigenvalue weighted by Crippen LogP contribution is 2.38. The van der Waals surface area contributed by atoms with Gasteiger partial charge in [0.25, 0.3) is 0 Å². The first-order valence-corrected chi connectivity index (χ1v) is 7.27. The van der Waals surface area contributed by atoms with Gasteiger partial charge in [0, 0.05) is 19.3 Å². The standard InChI is InChI=1S/C12H17FN2O2S/c1-8-5-9(8)7-15(2)18(16,17)12-6-10(14)3-4-11(12)13/h3-4,6,8-9H,5,7,14H2,1-2H3. The highest BCUT2D eigenvalue weighted by Gasteiger charge is 2.36. The van der Waals surface area contributed by atoms with Crippen LogP contribution in [-0.4, -0.2) is 26.3 Å². The first-order valence-electron chi connectivity index (χ1n) is 5.83. The van der Waals surface area contributed by atoms with Crippen molar-refractivity contribution in [3.05, 3.63) is 24.0 Å². The maximum Gasteiger partial charge on any atom is 0.245 e. The van der Waals surface area contributed by atoms with E-state index in [1.165, 1.54) is 17.4 Å². The maximum atomic E-state index is 13.6. The predicted octanol–water partition coefficient (Wildman–Crippen LogP) is 1.68. The minimum atomic E-state index is -3.79. The van der Waals surface area contributed by atoms with Crippen molar-refractivity contribution in [3.8, 4) is 0 Å². The number of benzene rings is 1. The molecule has 0 aliphatic heterocycles. The summed E-state index contributed by atoms with van der Waals surface area (Å²) in [7, 11) is -2.32. The highest BCUT2D eigenvalue weighted by molar-refractivity contribution is 7.89. The van der Waals surface area contributed by atoms with Crippen LogP contribution < -0.4 is 5.73 Å². The molecule has 1 aromatic carbocycles. The van der Waals surface area contributed by atoms with Crippen molar-refractivity contribution in [1.82, 2.24) is 4.31 Å². The smallest absolute Gasteiger partial charge is 0.245 e. The Balaban J connectivity index is 2.26. The minimum Gasteiger partial charge on any atom is -0.399 e. The number of sulfonamides is 1. The van der Waals surface area contributed by atoms with Crippen LogP contribution in [0.1, 0.15) is 13.3 Å². The van der Waals surface area contributed by atoms with E-state index in [0.29, 0.717) is 18.4 Å². The molecule has 2 atom stereocenters. The number of anilines is 1. The summed E-state index contributed by atoms with van der Waals surface area (Å²) >= 11 is 0. The Bertz CT molecular complexity index is 559. The fourth-order valence-electron chi connectivity index (χ4n) is 1.97. The van der Waals surface area contributed by atoms with Gasteiger partial charge < -0.3 is 5.73 Å². The van der Waals surface area contributed by atoms with E-state index < -0.39 is 15.8 Å². The molecule has 100 valence electrons. The molecule has 18 heavy (non-hydrogen) atoms. The third kappa shape index (κ3) is 2.49. The maximum absolute atomic E-state index is 13.6. The van der Waals surface area contributed by atoms with E-state index in [4.69, 9.17) is 5.73 Å². The molecule has 0 aromatic heterocycles. The average Bonchev–Trinajstić information content (AvgIpc) is 2.97. The molecule has 1 fully saturated rings. The molecule has 1 aliphatic rings. The number of rotatable bonds is 4. The van der Waals surface area contributed by atoms with Gasteiger partial charge in [-0.3, -0.25) is 0 Å². The van der Waals surface area contributed by atoms with Crippen molar-refractivity contribution in [3.63, 3.8) is 0 Å². The molecule has 6 heteroatoms. The quantitative estimate of drug-likeness (QED) is 0.848. The van der Waals surface area contributed by atoms with Crippen molar-refractivity contribution < 1.29 is 12.8 Å². The number of nitrogen functional groups attached to an aromatic ring is 1. The van der Waals surface area contributed by atoms with Gasteiger partial charge in [-0.2, -0.15) is 0 Å². The van der Waals surface area contributed by atoms with E-state index in [9.17, 15) is 12.8 Å². The van der Waals surface area contributed by atoms with E-state index in [1.807, 2.05) is 0 Å². The molecule has 0 heterocycles. The molecular weight excluding hydrogens is 255 g/mol. The Morgan fingerprint density at radius 2 is 2.11 bits per heavy atom. The molecule has 1 aliphatic carbocycles. The largest absolute Gasteiger partial charge is 0.399 e. The van der Waals surface area contributed by atoms with Crippen LogP contribution in [0.25, 0.3) is 0 Å². The summed E-state index contributed by atoms with van der Waals surface area (Å²) < 4.78 is 39.2. The SMILES string of the molecule is CC1CC1CN(C)S(=O)(=O)c1cc(N)ccc1F. The van der Waals surface area contributed by atoms with Gasteiger partial charge in [0.15, 0.2) is 0 Å². The van der Waals surface area contributed by atoms with Crippen LogP contribution in [0.15, 0.2) is 23.1 Å². The number of hydrogen-bond donors (Lipinski definition) is 1. The summed E-state index contributed by atoms with van der Waals surface area (Å²) in [5.41, 5.74) is 5.75. The summed E-state index contributed by atoms with van der Waals surface area (Å²) in [4.78, 5) is -0.349. The molecule has 0 spiro atoms. The first kappa shape index (κ1) is 13.3. The Hall–Kier alpha value is -1.14. The van der Waals surface area contributed by atoms with Gasteiger partial charge >= 0.3 is 0 Å². The topological polar surface area (TPSA) is 63.4 Å². The molecule has 4 nitrogen and oxygen atoms in total. The third-order valence-electron chi connectivity index (χ3n) is 3.41. The van der Waals surface area contributed by atoms with Gasteiger partial charge in [-0.05, 0) is 36.5 Å². The second kappa shape index (κ2) is 4.51. The molecule has 1 aromatic rings. The van der Waals surface area contributed by atoms with Crippen molar-refractivity contribution in [2.75, 3.05) is 19.3 Å². The average molecular weight is 272 g/mol. The summed E-state index contributed by atoms with van der Waals surface area (Å²) in [6.07, 6.45) is 1.03. The number of halogens is 1. The van der Waals surface area contributed by atoms with Gasteiger partial charge in [-0.15, -0.1) is 0 Å². The molecule has 2 unspecified atom stereocenters. The Kier molecular flexibility index (Phi) is 3.33. The molecule has 1 saturated carbocycles. The van der Waals surface area contributed by atoms with E-state index in [1.54, 1.807) is 0 Å². The fraction of sp³-hybridized carbons (Fsp3) is 0.500. The van der Waals surface area contributed by atoms with Gasteiger partial charge in [0.2, 0.25) is 10.0 Å². The summed E-state index contributed by atoms with van der Waals surface area (Å²) in [6.45, 7) is 2.50. The summed E-state index contributed by atoms with van der Waals surface area (Å²) in [5, 5.41) is 0. The second-order valence-corrected chi connectivity index (χ2v) is 6.96. The van der Waals surface area contributed by atoms with E-state index in [-0.39, 0.29) is 10.6 Å². The van der Waals surface area contributed by atoms with Crippen molar-refractivity contribution in [2.24, 2.45) is 11.8 Å². The third-order valence-corrected chi connectivity index (χ3v) is 5.25. The van der Waals surface area contributed by atoms with Crippen LogP contribution in [0.3, 0.4) is 0 Å². The zero-order valence-corrected chi connectivity index (χ0v) is 11.2. The zero-order valence-electron chi connectivity index (χ0n) is 10.4. The molecule has 0 saturated heterocycles. The molecule has 2 N–H and O–H groups in total. The van der Waals surface area contributed by atoms with E-state index in [2.05, 4.69) is 6.92 Å².